The molecule has 2 atom stereocenters. The Bertz CT molecular complexity index is 512. The highest BCUT2D eigenvalue weighted by Crippen LogP contribution is 2.30. The minimum Gasteiger partial charge on any atom is -0.351 e. The van der Waals surface area contributed by atoms with Crippen molar-refractivity contribution in [3.63, 3.8) is 0 Å². The first-order valence-electron chi connectivity index (χ1n) is 8.11. The van der Waals surface area contributed by atoms with E-state index in [4.69, 9.17) is 0 Å². The Hall–Kier alpha value is -0.940. The number of carbonyl (C=O) groups excluding carboxylic acids is 1. The number of hydrogen-bond donors (Lipinski definition) is 1. The highest BCUT2D eigenvalue weighted by Gasteiger charge is 2.33. The summed E-state index contributed by atoms with van der Waals surface area (Å²) in [5, 5.41) is 4.13. The molecule has 5 heteroatoms. The molecule has 2 fully saturated rings. The van der Waals surface area contributed by atoms with E-state index in [1.54, 1.807) is 0 Å². The first-order valence-corrected chi connectivity index (χ1v) is 8.93. The van der Waals surface area contributed by atoms with Gasteiger partial charge in [-0.2, -0.15) is 0 Å². The molecule has 0 bridgehead atoms. The molecule has 2 aliphatic rings. The third-order valence-corrected chi connectivity index (χ3v) is 5.93. The van der Waals surface area contributed by atoms with Crippen molar-refractivity contribution in [3.05, 3.63) is 15.6 Å². The second-order valence-corrected chi connectivity index (χ2v) is 7.56. The summed E-state index contributed by atoms with van der Waals surface area (Å²) in [4.78, 5) is 20.1. The number of aryl methyl sites for hydroxylation is 2. The molecular weight excluding hydrogens is 282 g/mol. The fraction of sp³-hybridized carbons (Fsp3) is 0.750. The van der Waals surface area contributed by atoms with E-state index in [0.717, 1.165) is 22.1 Å². The molecule has 21 heavy (non-hydrogen) atoms. The van der Waals surface area contributed by atoms with Crippen LogP contribution in [0.4, 0.5) is 0 Å². The Morgan fingerprint density at radius 1 is 1.29 bits per heavy atom. The molecule has 0 radical (unpaired) electrons. The maximum absolute atomic E-state index is 12.3. The van der Waals surface area contributed by atoms with E-state index < -0.39 is 0 Å². The van der Waals surface area contributed by atoms with Crippen LogP contribution >= 0.6 is 11.3 Å². The zero-order valence-corrected chi connectivity index (χ0v) is 13.8. The van der Waals surface area contributed by atoms with Crippen LogP contribution in [0.15, 0.2) is 0 Å². The van der Waals surface area contributed by atoms with Crippen molar-refractivity contribution >= 4 is 17.2 Å². The van der Waals surface area contributed by atoms with Gasteiger partial charge in [0.05, 0.1) is 10.7 Å². The average molecular weight is 307 g/mol. The molecule has 116 valence electrons. The topological polar surface area (TPSA) is 45.2 Å². The zero-order valence-electron chi connectivity index (χ0n) is 13.0. The van der Waals surface area contributed by atoms with Gasteiger partial charge in [0.2, 0.25) is 0 Å². The molecule has 0 unspecified atom stereocenters. The van der Waals surface area contributed by atoms with E-state index in [0.29, 0.717) is 12.0 Å². The summed E-state index contributed by atoms with van der Waals surface area (Å²) < 4.78 is 0. The van der Waals surface area contributed by atoms with Crippen LogP contribution in [0.2, 0.25) is 0 Å². The molecule has 1 aromatic rings. The predicted octanol–water partition coefficient (Wildman–Crippen LogP) is 2.75. The Morgan fingerprint density at radius 2 is 2.10 bits per heavy atom. The molecule has 3 heterocycles. The van der Waals surface area contributed by atoms with Crippen LogP contribution in [0.5, 0.6) is 0 Å². The smallest absolute Gasteiger partial charge is 0.263 e. The lowest BCUT2D eigenvalue weighted by Gasteiger charge is -2.44. The number of hydrogen-bond acceptors (Lipinski definition) is 4. The summed E-state index contributed by atoms with van der Waals surface area (Å²) in [6, 6.07) is 0.692. The second kappa shape index (κ2) is 6.44. The minimum atomic E-state index is 0.0611. The Labute approximate surface area is 130 Å². The lowest BCUT2D eigenvalue weighted by Crippen LogP contribution is -2.50. The summed E-state index contributed by atoms with van der Waals surface area (Å²) in [7, 11) is 0. The van der Waals surface area contributed by atoms with Gasteiger partial charge >= 0.3 is 0 Å². The van der Waals surface area contributed by atoms with E-state index in [-0.39, 0.29) is 5.91 Å². The first-order chi connectivity index (χ1) is 10.1. The van der Waals surface area contributed by atoms with E-state index in [9.17, 15) is 4.79 Å². The molecule has 2 aliphatic heterocycles. The first kappa shape index (κ1) is 15.0. The van der Waals surface area contributed by atoms with Crippen molar-refractivity contribution in [1.82, 2.24) is 15.2 Å². The molecular formula is C16H25N3OS. The normalized spacial score (nSPS) is 26.4. The lowest BCUT2D eigenvalue weighted by molar-refractivity contribution is 0.0576. The van der Waals surface area contributed by atoms with E-state index in [1.807, 2.05) is 13.8 Å². The third kappa shape index (κ3) is 3.29. The van der Waals surface area contributed by atoms with Crippen LogP contribution < -0.4 is 5.32 Å². The SMILES string of the molecule is Cc1nc(C)c(C(=O)NC[C@@H]2CCCN3CCCC[C@H]23)s1. The second-order valence-electron chi connectivity index (χ2n) is 6.36. The van der Waals surface area contributed by atoms with E-state index in [1.165, 1.54) is 56.5 Å². The minimum absolute atomic E-state index is 0.0611. The summed E-state index contributed by atoms with van der Waals surface area (Å²) in [5.41, 5.74) is 0.859. The molecule has 1 aromatic heterocycles. The number of carbonyl (C=O) groups is 1. The maximum Gasteiger partial charge on any atom is 0.263 e. The molecule has 0 aliphatic carbocycles. The fourth-order valence-electron chi connectivity index (χ4n) is 3.86. The van der Waals surface area contributed by atoms with Gasteiger partial charge < -0.3 is 10.2 Å². The summed E-state index contributed by atoms with van der Waals surface area (Å²) in [6.07, 6.45) is 6.52. The highest BCUT2D eigenvalue weighted by molar-refractivity contribution is 7.13. The van der Waals surface area contributed by atoms with E-state index >= 15 is 0 Å². The van der Waals surface area contributed by atoms with Crippen molar-refractivity contribution in [1.29, 1.82) is 0 Å². The largest absolute Gasteiger partial charge is 0.351 e. The fourth-order valence-corrected chi connectivity index (χ4v) is 4.70. The number of thiazole rings is 1. The van der Waals surface area contributed by atoms with Gasteiger partial charge in [-0.15, -0.1) is 11.3 Å². The van der Waals surface area contributed by atoms with Crippen molar-refractivity contribution in [2.24, 2.45) is 5.92 Å². The van der Waals surface area contributed by atoms with Crippen molar-refractivity contribution in [2.45, 2.75) is 52.0 Å². The quantitative estimate of drug-likeness (QED) is 0.934. The maximum atomic E-state index is 12.3. The molecule has 0 saturated carbocycles. The summed E-state index contributed by atoms with van der Waals surface area (Å²) in [6.45, 7) is 7.19. The highest BCUT2D eigenvalue weighted by atomic mass is 32.1. The van der Waals surface area contributed by atoms with Gasteiger partial charge in [-0.1, -0.05) is 6.42 Å². The summed E-state index contributed by atoms with van der Waals surface area (Å²) >= 11 is 1.50. The van der Waals surface area contributed by atoms with Crippen LogP contribution in [0.25, 0.3) is 0 Å². The number of nitrogens with zero attached hydrogens (tertiary/aromatic N) is 2. The van der Waals surface area contributed by atoms with Gasteiger partial charge in [-0.05, 0) is 58.5 Å². The Balaban J connectivity index is 1.59. The number of amides is 1. The van der Waals surface area contributed by atoms with Crippen LogP contribution in [0.3, 0.4) is 0 Å². The van der Waals surface area contributed by atoms with Gasteiger partial charge in [0.1, 0.15) is 4.88 Å². The molecule has 2 saturated heterocycles. The van der Waals surface area contributed by atoms with Crippen molar-refractivity contribution in [3.8, 4) is 0 Å². The number of piperidine rings is 2. The van der Waals surface area contributed by atoms with Crippen molar-refractivity contribution < 1.29 is 4.79 Å². The van der Waals surface area contributed by atoms with Crippen LogP contribution in [0.1, 0.15) is 52.5 Å². The molecule has 0 aromatic carbocycles. The van der Waals surface area contributed by atoms with Crippen molar-refractivity contribution in [2.75, 3.05) is 19.6 Å². The van der Waals surface area contributed by atoms with Gasteiger partial charge in [0.15, 0.2) is 0 Å². The van der Waals surface area contributed by atoms with E-state index in [2.05, 4.69) is 15.2 Å². The molecule has 0 spiro atoms. The standard InChI is InChI=1S/C16H25N3OS/c1-11-15(21-12(2)18-11)16(20)17-10-13-6-5-9-19-8-4-3-7-14(13)19/h13-14H,3-10H2,1-2H3,(H,17,20)/t13-,14+/m0/s1. The Morgan fingerprint density at radius 3 is 2.86 bits per heavy atom. The molecule has 1 amide bonds. The molecule has 3 rings (SSSR count). The third-order valence-electron chi connectivity index (χ3n) is 4.86. The van der Waals surface area contributed by atoms with Gasteiger partial charge in [-0.25, -0.2) is 4.98 Å². The average Bonchev–Trinajstić information content (AvgIpc) is 2.83. The van der Waals surface area contributed by atoms with Gasteiger partial charge in [0, 0.05) is 12.6 Å². The Kier molecular flexibility index (Phi) is 4.60. The van der Waals surface area contributed by atoms with Crippen LogP contribution in [-0.4, -0.2) is 41.5 Å². The predicted molar refractivity (Wildman–Crippen MR) is 85.9 cm³/mol. The van der Waals surface area contributed by atoms with Crippen LogP contribution in [0, 0.1) is 19.8 Å². The number of aromatic nitrogens is 1. The van der Waals surface area contributed by atoms with Gasteiger partial charge in [0.25, 0.3) is 5.91 Å². The van der Waals surface area contributed by atoms with Crippen LogP contribution in [-0.2, 0) is 0 Å². The number of rotatable bonds is 3. The zero-order chi connectivity index (χ0) is 14.8. The summed E-state index contributed by atoms with van der Waals surface area (Å²) in [5.74, 6) is 0.684. The number of fused-ring (bicyclic) bond motifs is 1. The van der Waals surface area contributed by atoms with Gasteiger partial charge in [-0.3, -0.25) is 4.79 Å². The lowest BCUT2D eigenvalue weighted by atomic mass is 9.83. The number of nitrogens with one attached hydrogen (secondary N) is 1. The monoisotopic (exact) mass is 307 g/mol. The molecule has 4 nitrogen and oxygen atoms in total. The molecule has 1 N–H and O–H groups in total.